The van der Waals surface area contributed by atoms with Crippen molar-refractivity contribution >= 4 is 19.3 Å². The Balaban J connectivity index is 4.66. The van der Waals surface area contributed by atoms with Crippen LogP contribution in [-0.2, 0) is 27.9 Å². The van der Waals surface area contributed by atoms with Gasteiger partial charge in [-0.25, -0.2) is 0 Å². The van der Waals surface area contributed by atoms with Gasteiger partial charge in [-0.2, -0.15) is 0 Å². The Morgan fingerprint density at radius 1 is 1.06 bits per heavy atom. The van der Waals surface area contributed by atoms with Gasteiger partial charge in [-0.3, -0.25) is 14.2 Å². The predicted octanol–water partition coefficient (Wildman–Crippen LogP) is 2.16. The molecule has 0 N–H and O–H groups in total. The van der Waals surface area contributed by atoms with Gasteiger partial charge in [0.2, 0.25) is 0 Å². The molecule has 0 aromatic rings. The zero-order valence-corrected chi connectivity index (χ0v) is 12.2. The third-order valence-corrected chi connectivity index (χ3v) is 4.66. The van der Waals surface area contributed by atoms with E-state index >= 15 is 0 Å². The number of carbonyl (C=O) groups excluding carboxylic acids is 2. The summed E-state index contributed by atoms with van der Waals surface area (Å²) in [4.78, 5) is 23.0. The van der Waals surface area contributed by atoms with E-state index in [1.54, 1.807) is 20.8 Å². The number of esters is 1. The molecule has 0 heterocycles. The SMILES string of the molecule is CCOC(=O)CC(=O)C(C)P(=O)(OCC)OCC. The van der Waals surface area contributed by atoms with Crippen LogP contribution in [0.15, 0.2) is 0 Å². The average Bonchev–Trinajstić information content (AvgIpc) is 2.28. The third kappa shape index (κ3) is 5.29. The molecule has 0 aromatic carbocycles. The number of ketones is 1. The lowest BCUT2D eigenvalue weighted by Crippen LogP contribution is -2.23. The fourth-order valence-electron chi connectivity index (χ4n) is 1.30. The predicted molar refractivity (Wildman–Crippen MR) is 66.6 cm³/mol. The molecule has 0 saturated carbocycles. The van der Waals surface area contributed by atoms with Crippen LogP contribution in [-0.4, -0.2) is 37.2 Å². The number of hydrogen-bond acceptors (Lipinski definition) is 6. The Hall–Kier alpha value is -0.710. The second-order valence-electron chi connectivity index (χ2n) is 3.50. The molecule has 6 nitrogen and oxygen atoms in total. The molecule has 0 rings (SSSR count). The van der Waals surface area contributed by atoms with Gasteiger partial charge in [-0.15, -0.1) is 0 Å². The summed E-state index contributed by atoms with van der Waals surface area (Å²) in [7, 11) is -3.50. The van der Waals surface area contributed by atoms with Gasteiger partial charge >= 0.3 is 13.6 Å². The molecule has 0 fully saturated rings. The van der Waals surface area contributed by atoms with Crippen LogP contribution < -0.4 is 0 Å². The van der Waals surface area contributed by atoms with Crippen LogP contribution in [0.3, 0.4) is 0 Å². The van der Waals surface area contributed by atoms with Gasteiger partial charge in [0.1, 0.15) is 12.1 Å². The van der Waals surface area contributed by atoms with Gasteiger partial charge in [0.25, 0.3) is 0 Å². The molecule has 7 heteroatoms. The van der Waals surface area contributed by atoms with Gasteiger partial charge < -0.3 is 13.8 Å². The summed E-state index contributed by atoms with van der Waals surface area (Å²) in [5, 5.41) is 0. The molecule has 18 heavy (non-hydrogen) atoms. The lowest BCUT2D eigenvalue weighted by Gasteiger charge is -2.22. The van der Waals surface area contributed by atoms with Crippen molar-refractivity contribution in [2.24, 2.45) is 0 Å². The van der Waals surface area contributed by atoms with Gasteiger partial charge in [0.05, 0.1) is 19.8 Å². The molecule has 0 aromatic heterocycles. The maximum absolute atomic E-state index is 12.3. The maximum atomic E-state index is 12.3. The zero-order valence-electron chi connectivity index (χ0n) is 11.3. The minimum Gasteiger partial charge on any atom is -0.466 e. The summed E-state index contributed by atoms with van der Waals surface area (Å²) in [5.74, 6) is -1.13. The first-order chi connectivity index (χ1) is 8.41. The van der Waals surface area contributed by atoms with Crippen molar-refractivity contribution in [3.8, 4) is 0 Å². The van der Waals surface area contributed by atoms with Crippen molar-refractivity contribution in [3.63, 3.8) is 0 Å². The summed E-state index contributed by atoms with van der Waals surface area (Å²) in [5.41, 5.74) is -0.971. The molecule has 0 amide bonds. The average molecular weight is 280 g/mol. The molecule has 0 bridgehead atoms. The van der Waals surface area contributed by atoms with E-state index in [0.717, 1.165) is 0 Å². The van der Waals surface area contributed by atoms with Gasteiger partial charge in [-0.05, 0) is 27.7 Å². The summed E-state index contributed by atoms with van der Waals surface area (Å²) in [6, 6.07) is 0. The zero-order chi connectivity index (χ0) is 14.2. The second-order valence-corrected chi connectivity index (χ2v) is 5.87. The van der Waals surface area contributed by atoms with Gasteiger partial charge in [0, 0.05) is 0 Å². The number of carbonyl (C=O) groups is 2. The minimum atomic E-state index is -3.50. The van der Waals surface area contributed by atoms with Crippen LogP contribution in [0.1, 0.15) is 34.1 Å². The lowest BCUT2D eigenvalue weighted by molar-refractivity contribution is -0.145. The van der Waals surface area contributed by atoms with Crippen molar-refractivity contribution in [1.29, 1.82) is 0 Å². The third-order valence-electron chi connectivity index (χ3n) is 2.18. The van der Waals surface area contributed by atoms with Crippen LogP contribution in [0.25, 0.3) is 0 Å². The van der Waals surface area contributed by atoms with Crippen LogP contribution in [0.5, 0.6) is 0 Å². The van der Waals surface area contributed by atoms with E-state index in [0.29, 0.717) is 0 Å². The van der Waals surface area contributed by atoms with E-state index in [4.69, 9.17) is 9.05 Å². The first-order valence-electron chi connectivity index (χ1n) is 5.98. The number of rotatable bonds is 9. The summed E-state index contributed by atoms with van der Waals surface area (Å²) >= 11 is 0. The normalized spacial score (nSPS) is 13.1. The second kappa shape index (κ2) is 8.40. The lowest BCUT2D eigenvalue weighted by atomic mass is 10.2. The van der Waals surface area contributed by atoms with E-state index in [1.165, 1.54) is 6.92 Å². The van der Waals surface area contributed by atoms with E-state index in [1.807, 2.05) is 0 Å². The molecule has 106 valence electrons. The highest BCUT2D eigenvalue weighted by atomic mass is 31.2. The molecule has 0 radical (unpaired) electrons. The molecular formula is C11H21O6P. The Morgan fingerprint density at radius 2 is 1.56 bits per heavy atom. The van der Waals surface area contributed by atoms with Crippen LogP contribution in [0.4, 0.5) is 0 Å². The highest BCUT2D eigenvalue weighted by Gasteiger charge is 2.37. The number of ether oxygens (including phenoxy) is 1. The Bertz CT molecular complexity index is 317. The largest absolute Gasteiger partial charge is 0.466 e. The smallest absolute Gasteiger partial charge is 0.340 e. The van der Waals surface area contributed by atoms with E-state index in [-0.39, 0.29) is 19.8 Å². The van der Waals surface area contributed by atoms with Crippen LogP contribution >= 0.6 is 7.60 Å². The van der Waals surface area contributed by atoms with Crippen molar-refractivity contribution in [3.05, 3.63) is 0 Å². The highest BCUT2D eigenvalue weighted by molar-refractivity contribution is 7.55. The van der Waals surface area contributed by atoms with Crippen molar-refractivity contribution in [1.82, 2.24) is 0 Å². The Morgan fingerprint density at radius 3 is 1.94 bits per heavy atom. The molecular weight excluding hydrogens is 259 g/mol. The van der Waals surface area contributed by atoms with E-state index < -0.39 is 31.4 Å². The Labute approximate surface area is 108 Å². The molecule has 0 aliphatic carbocycles. The Kier molecular flexibility index (Phi) is 8.07. The molecule has 1 atom stereocenters. The fourth-order valence-corrected chi connectivity index (χ4v) is 2.98. The molecule has 0 saturated heterocycles. The standard InChI is InChI=1S/C11H21O6P/c1-5-15-11(13)8-10(12)9(4)18(14,16-6-2)17-7-3/h9H,5-8H2,1-4H3. The molecule has 0 spiro atoms. The maximum Gasteiger partial charge on any atom is 0.340 e. The minimum absolute atomic E-state index is 0.175. The summed E-state index contributed by atoms with van der Waals surface area (Å²) in [6.07, 6.45) is -0.418. The monoisotopic (exact) mass is 280 g/mol. The van der Waals surface area contributed by atoms with Gasteiger partial charge in [-0.1, -0.05) is 0 Å². The van der Waals surface area contributed by atoms with E-state index in [2.05, 4.69) is 4.74 Å². The molecule has 0 aliphatic rings. The number of hydrogen-bond donors (Lipinski definition) is 0. The molecule has 0 aliphatic heterocycles. The van der Waals surface area contributed by atoms with Crippen molar-refractivity contribution < 1.29 is 27.9 Å². The topological polar surface area (TPSA) is 78.9 Å². The number of Topliss-reactive ketones (excluding diaryl/α,β-unsaturated/α-hetero) is 1. The quantitative estimate of drug-likeness (QED) is 0.366. The molecule has 1 unspecified atom stereocenters. The van der Waals surface area contributed by atoms with Crippen LogP contribution in [0.2, 0.25) is 0 Å². The van der Waals surface area contributed by atoms with Crippen molar-refractivity contribution in [2.45, 2.75) is 39.8 Å². The van der Waals surface area contributed by atoms with Crippen molar-refractivity contribution in [2.75, 3.05) is 19.8 Å². The van der Waals surface area contributed by atoms with E-state index in [9.17, 15) is 14.2 Å². The fraction of sp³-hybridized carbons (Fsp3) is 0.818. The summed E-state index contributed by atoms with van der Waals surface area (Å²) in [6.45, 7) is 6.96. The summed E-state index contributed by atoms with van der Waals surface area (Å²) < 4.78 is 27.1. The first kappa shape index (κ1) is 17.3. The first-order valence-corrected chi connectivity index (χ1v) is 7.59. The van der Waals surface area contributed by atoms with Gasteiger partial charge in [0.15, 0.2) is 5.78 Å². The highest BCUT2D eigenvalue weighted by Crippen LogP contribution is 2.53. The van der Waals surface area contributed by atoms with Crippen LogP contribution in [0, 0.1) is 0 Å².